The van der Waals surface area contributed by atoms with Gasteiger partial charge in [-0.15, -0.1) is 0 Å². The van der Waals surface area contributed by atoms with Crippen LogP contribution in [-0.4, -0.2) is 46.3 Å². The number of benzene rings is 2. The van der Waals surface area contributed by atoms with E-state index in [0.29, 0.717) is 23.2 Å². The topological polar surface area (TPSA) is 142 Å². The summed E-state index contributed by atoms with van der Waals surface area (Å²) < 4.78 is 47.0. The van der Waals surface area contributed by atoms with Crippen molar-refractivity contribution in [1.29, 1.82) is 0 Å². The highest BCUT2D eigenvalue weighted by atomic mass is 32.2. The molecule has 3 rings (SSSR count). The van der Waals surface area contributed by atoms with E-state index >= 15 is 0 Å². The Balaban J connectivity index is 0.000000739. The number of rotatable bonds is 7. The molecule has 2 aromatic carbocycles. The zero-order valence-corrected chi connectivity index (χ0v) is 19.5. The molecule has 0 aliphatic heterocycles. The second-order valence-electron chi connectivity index (χ2n) is 7.30. The Morgan fingerprint density at radius 3 is 2.44 bits per heavy atom. The van der Waals surface area contributed by atoms with Crippen molar-refractivity contribution in [3.05, 3.63) is 82.0 Å². The van der Waals surface area contributed by atoms with Gasteiger partial charge in [0.05, 0.1) is 12.2 Å². The summed E-state index contributed by atoms with van der Waals surface area (Å²) in [5.74, 6) is -1.33. The van der Waals surface area contributed by atoms with E-state index in [0.717, 1.165) is 11.8 Å². The van der Waals surface area contributed by atoms with Crippen LogP contribution in [0.15, 0.2) is 54.7 Å². The maximum atomic E-state index is 14.5. The SMILES string of the molecule is CS(=O)(=O)O.Cc1ncc([N+](=O)[O-])n1CCOC(=O)[C@@H](C)c1ccc(-c2ccccc2)c(F)c1. The molecular formula is C22H24FN3O7S. The molecule has 1 atom stereocenters. The lowest BCUT2D eigenvalue weighted by Crippen LogP contribution is -2.17. The monoisotopic (exact) mass is 493 g/mol. The van der Waals surface area contributed by atoms with Crippen LogP contribution in [0.1, 0.15) is 24.2 Å². The van der Waals surface area contributed by atoms with Gasteiger partial charge in [-0.25, -0.2) is 13.9 Å². The fourth-order valence-corrected chi connectivity index (χ4v) is 3.03. The van der Waals surface area contributed by atoms with Gasteiger partial charge >= 0.3 is 11.8 Å². The van der Waals surface area contributed by atoms with Crippen molar-refractivity contribution >= 4 is 21.9 Å². The lowest BCUT2D eigenvalue weighted by Gasteiger charge is -2.13. The van der Waals surface area contributed by atoms with Gasteiger partial charge < -0.3 is 14.9 Å². The number of nitro groups is 1. The number of esters is 1. The van der Waals surface area contributed by atoms with Crippen LogP contribution in [0.2, 0.25) is 0 Å². The molecule has 0 bridgehead atoms. The highest BCUT2D eigenvalue weighted by Crippen LogP contribution is 2.26. The average Bonchev–Trinajstić information content (AvgIpc) is 3.13. The van der Waals surface area contributed by atoms with Crippen molar-refractivity contribution in [2.75, 3.05) is 12.9 Å². The maximum absolute atomic E-state index is 14.5. The lowest BCUT2D eigenvalue weighted by atomic mass is 9.97. The predicted octanol–water partition coefficient (Wildman–Crippen LogP) is 3.76. The molecule has 0 aliphatic carbocycles. The second-order valence-corrected chi connectivity index (χ2v) is 8.77. The minimum atomic E-state index is -3.67. The van der Waals surface area contributed by atoms with Gasteiger partial charge in [0, 0.05) is 12.5 Å². The van der Waals surface area contributed by atoms with Crippen LogP contribution >= 0.6 is 0 Å². The summed E-state index contributed by atoms with van der Waals surface area (Å²) >= 11 is 0. The van der Waals surface area contributed by atoms with Crippen LogP contribution in [0.25, 0.3) is 11.1 Å². The number of imidazole rings is 1. The molecule has 0 unspecified atom stereocenters. The van der Waals surface area contributed by atoms with E-state index in [1.807, 2.05) is 30.3 Å². The lowest BCUT2D eigenvalue weighted by molar-refractivity contribution is -0.392. The zero-order valence-electron chi connectivity index (χ0n) is 18.7. The molecule has 34 heavy (non-hydrogen) atoms. The first kappa shape index (κ1) is 26.6. The van der Waals surface area contributed by atoms with Gasteiger partial charge in [-0.1, -0.05) is 42.5 Å². The minimum absolute atomic E-state index is 0.0498. The number of hydrogen-bond donors (Lipinski definition) is 1. The molecule has 10 nitrogen and oxygen atoms in total. The van der Waals surface area contributed by atoms with E-state index in [2.05, 4.69) is 4.98 Å². The quantitative estimate of drug-likeness (QED) is 0.227. The van der Waals surface area contributed by atoms with Crippen LogP contribution in [-0.2, 0) is 26.2 Å². The molecule has 1 N–H and O–H groups in total. The van der Waals surface area contributed by atoms with Crippen LogP contribution in [0.5, 0.6) is 0 Å². The Morgan fingerprint density at radius 1 is 1.26 bits per heavy atom. The first-order chi connectivity index (χ1) is 15.9. The summed E-state index contributed by atoms with van der Waals surface area (Å²) in [6.07, 6.45) is 1.88. The van der Waals surface area contributed by atoms with Gasteiger partial charge in [0.15, 0.2) is 5.82 Å². The van der Waals surface area contributed by atoms with Crippen molar-refractivity contribution < 1.29 is 31.8 Å². The molecule has 1 aromatic heterocycles. The number of ether oxygens (including phenoxy) is 1. The van der Waals surface area contributed by atoms with Crippen LogP contribution in [0, 0.1) is 22.9 Å². The largest absolute Gasteiger partial charge is 0.461 e. The van der Waals surface area contributed by atoms with Gasteiger partial charge in [-0.3, -0.25) is 9.35 Å². The first-order valence-electron chi connectivity index (χ1n) is 9.99. The molecule has 0 aliphatic rings. The molecule has 1 heterocycles. The molecule has 0 amide bonds. The molecule has 3 aromatic rings. The fraction of sp³-hybridized carbons (Fsp3) is 0.273. The maximum Gasteiger partial charge on any atom is 0.342 e. The Bertz CT molecular complexity index is 1250. The number of hydrogen-bond acceptors (Lipinski definition) is 7. The van der Waals surface area contributed by atoms with Crippen molar-refractivity contribution in [2.45, 2.75) is 26.3 Å². The van der Waals surface area contributed by atoms with Crippen molar-refractivity contribution in [1.82, 2.24) is 9.55 Å². The summed E-state index contributed by atoms with van der Waals surface area (Å²) in [6, 6.07) is 13.8. The molecule has 0 saturated heterocycles. The highest BCUT2D eigenvalue weighted by molar-refractivity contribution is 7.85. The van der Waals surface area contributed by atoms with E-state index in [1.54, 1.807) is 26.0 Å². The van der Waals surface area contributed by atoms with Gasteiger partial charge in [-0.2, -0.15) is 8.42 Å². The van der Waals surface area contributed by atoms with E-state index in [4.69, 9.17) is 9.29 Å². The molecule has 0 saturated carbocycles. The predicted molar refractivity (Wildman–Crippen MR) is 122 cm³/mol. The summed E-state index contributed by atoms with van der Waals surface area (Å²) in [6.45, 7) is 3.33. The number of nitrogens with zero attached hydrogens (tertiary/aromatic N) is 3. The fourth-order valence-electron chi connectivity index (χ4n) is 3.03. The minimum Gasteiger partial charge on any atom is -0.461 e. The molecule has 12 heteroatoms. The smallest absolute Gasteiger partial charge is 0.342 e. The molecular weight excluding hydrogens is 469 g/mol. The first-order valence-corrected chi connectivity index (χ1v) is 11.8. The van der Waals surface area contributed by atoms with Gasteiger partial charge in [0.25, 0.3) is 10.1 Å². The highest BCUT2D eigenvalue weighted by Gasteiger charge is 2.21. The van der Waals surface area contributed by atoms with E-state index in [9.17, 15) is 27.7 Å². The van der Waals surface area contributed by atoms with E-state index in [1.165, 1.54) is 10.6 Å². The number of carbonyl (C=O) groups is 1. The third-order valence-electron chi connectivity index (χ3n) is 4.71. The van der Waals surface area contributed by atoms with Gasteiger partial charge in [-0.05, 0) is 29.0 Å². The molecule has 0 radical (unpaired) electrons. The Labute approximate surface area is 195 Å². The number of aryl methyl sites for hydroxylation is 1. The standard InChI is InChI=1S/C21H20FN3O4.CH4O3S/c1-14(17-8-9-18(19(22)12-17)16-6-4-3-5-7-16)21(26)29-11-10-24-15(2)23-13-20(24)25(27)28;1-5(2,3)4/h3-9,12-14H,10-11H2,1-2H3;1H3,(H,2,3,4)/t14-;/m0./s1. The van der Waals surface area contributed by atoms with Gasteiger partial charge in [0.1, 0.15) is 25.2 Å². The number of halogens is 1. The Hall–Kier alpha value is -3.64. The van der Waals surface area contributed by atoms with Crippen molar-refractivity contribution in [2.24, 2.45) is 0 Å². The van der Waals surface area contributed by atoms with Crippen molar-refractivity contribution in [3.63, 3.8) is 0 Å². The van der Waals surface area contributed by atoms with E-state index < -0.39 is 32.7 Å². The molecule has 182 valence electrons. The average molecular weight is 494 g/mol. The third-order valence-corrected chi connectivity index (χ3v) is 4.71. The Morgan fingerprint density at radius 2 is 1.88 bits per heavy atom. The zero-order chi connectivity index (χ0) is 25.5. The van der Waals surface area contributed by atoms with Crippen LogP contribution < -0.4 is 0 Å². The molecule has 0 spiro atoms. The van der Waals surface area contributed by atoms with Crippen molar-refractivity contribution in [3.8, 4) is 11.1 Å². The summed E-state index contributed by atoms with van der Waals surface area (Å²) in [4.78, 5) is 26.7. The number of carbonyl (C=O) groups excluding carboxylic acids is 1. The Kier molecular flexibility index (Phi) is 8.98. The van der Waals surface area contributed by atoms with Gasteiger partial charge in [0.2, 0.25) is 0 Å². The second kappa shape index (κ2) is 11.5. The third kappa shape index (κ3) is 7.74. The number of aromatic nitrogens is 2. The summed E-state index contributed by atoms with van der Waals surface area (Å²) in [5.41, 5.74) is 1.71. The van der Waals surface area contributed by atoms with Crippen LogP contribution in [0.4, 0.5) is 10.2 Å². The van der Waals surface area contributed by atoms with Crippen LogP contribution in [0.3, 0.4) is 0 Å². The normalized spacial score (nSPS) is 11.8. The van der Waals surface area contributed by atoms with E-state index in [-0.39, 0.29) is 19.0 Å². The molecule has 0 fully saturated rings. The summed E-state index contributed by atoms with van der Waals surface area (Å²) in [5, 5.41) is 11.0. The summed E-state index contributed by atoms with van der Waals surface area (Å²) in [7, 11) is -3.67.